The van der Waals surface area contributed by atoms with E-state index in [2.05, 4.69) is 12.6 Å². The third kappa shape index (κ3) is 2.39. The fourth-order valence-corrected chi connectivity index (χ4v) is 1.67. The van der Waals surface area contributed by atoms with Crippen molar-refractivity contribution in [1.29, 1.82) is 0 Å². The highest BCUT2D eigenvalue weighted by Crippen LogP contribution is 2.22. The Labute approximate surface area is 88.1 Å². The molecule has 1 rings (SSSR count). The second-order valence-corrected chi connectivity index (χ2v) is 3.52. The van der Waals surface area contributed by atoms with Crippen LogP contribution in [0.4, 0.5) is 0 Å². The summed E-state index contributed by atoms with van der Waals surface area (Å²) in [5.74, 6) is 0.258. The number of hydrogen-bond acceptors (Lipinski definition) is 6. The minimum atomic E-state index is -1.25. The second-order valence-electron chi connectivity index (χ2n) is 3.15. The topological polar surface area (TPSA) is 79.2 Å². The van der Waals surface area contributed by atoms with Crippen molar-refractivity contribution >= 4 is 12.6 Å². The van der Waals surface area contributed by atoms with E-state index in [9.17, 15) is 15.3 Å². The summed E-state index contributed by atoms with van der Waals surface area (Å²) in [4.78, 5) is 0. The molecule has 0 aliphatic carbocycles. The highest BCUT2D eigenvalue weighted by molar-refractivity contribution is 7.80. The maximum Gasteiger partial charge on any atom is 0.186 e. The molecule has 5 nitrogen and oxygen atoms in total. The number of hydrogen-bond donors (Lipinski definition) is 4. The Balaban J connectivity index is 2.63. The molecule has 0 bridgehead atoms. The van der Waals surface area contributed by atoms with Crippen LogP contribution in [-0.2, 0) is 9.47 Å². The summed E-state index contributed by atoms with van der Waals surface area (Å²) in [6.07, 6.45) is -5.11. The molecule has 0 radical (unpaired) electrons. The average molecular weight is 224 g/mol. The van der Waals surface area contributed by atoms with Crippen LogP contribution < -0.4 is 0 Å². The molecule has 1 aliphatic heterocycles. The van der Waals surface area contributed by atoms with Gasteiger partial charge in [-0.05, 0) is 6.92 Å². The predicted molar refractivity (Wildman–Crippen MR) is 52.2 cm³/mol. The van der Waals surface area contributed by atoms with Crippen molar-refractivity contribution in [2.75, 3.05) is 12.4 Å². The van der Waals surface area contributed by atoms with Crippen LogP contribution in [0.25, 0.3) is 0 Å². The molecule has 1 aliphatic rings. The molecule has 6 heteroatoms. The van der Waals surface area contributed by atoms with Gasteiger partial charge in [-0.15, -0.1) is 0 Å². The quantitative estimate of drug-likeness (QED) is 0.451. The third-order valence-electron chi connectivity index (χ3n) is 2.18. The van der Waals surface area contributed by atoms with E-state index in [0.29, 0.717) is 6.61 Å². The number of aliphatic hydroxyl groups is 3. The van der Waals surface area contributed by atoms with Crippen molar-refractivity contribution in [3.8, 4) is 0 Å². The zero-order valence-corrected chi connectivity index (χ0v) is 8.80. The van der Waals surface area contributed by atoms with Crippen molar-refractivity contribution in [3.63, 3.8) is 0 Å². The van der Waals surface area contributed by atoms with E-state index in [0.717, 1.165) is 0 Å². The van der Waals surface area contributed by atoms with E-state index >= 15 is 0 Å². The Bertz CT molecular complexity index is 175. The minimum absolute atomic E-state index is 0.258. The van der Waals surface area contributed by atoms with Gasteiger partial charge in [0, 0.05) is 12.4 Å². The van der Waals surface area contributed by atoms with Gasteiger partial charge in [-0.1, -0.05) is 0 Å². The van der Waals surface area contributed by atoms with E-state index in [1.807, 2.05) is 0 Å². The van der Waals surface area contributed by atoms with E-state index in [1.54, 1.807) is 6.92 Å². The van der Waals surface area contributed by atoms with Crippen molar-refractivity contribution in [3.05, 3.63) is 0 Å². The average Bonchev–Trinajstić information content (AvgIpc) is 2.19. The first-order valence-electron chi connectivity index (χ1n) is 4.54. The Morgan fingerprint density at radius 3 is 2.36 bits per heavy atom. The smallest absolute Gasteiger partial charge is 0.186 e. The molecular weight excluding hydrogens is 208 g/mol. The van der Waals surface area contributed by atoms with Crippen LogP contribution >= 0.6 is 12.6 Å². The Hall–Kier alpha value is 0.150. The summed E-state index contributed by atoms with van der Waals surface area (Å²) in [6.45, 7) is 2.12. The van der Waals surface area contributed by atoms with Gasteiger partial charge < -0.3 is 24.8 Å². The van der Waals surface area contributed by atoms with Crippen molar-refractivity contribution < 1.29 is 24.8 Å². The summed E-state index contributed by atoms with van der Waals surface area (Å²) < 4.78 is 10.3. The number of rotatable bonds is 3. The molecule has 5 unspecified atom stereocenters. The highest BCUT2D eigenvalue weighted by Gasteiger charge is 2.43. The van der Waals surface area contributed by atoms with Crippen LogP contribution in [-0.4, -0.2) is 58.4 Å². The molecule has 0 aromatic carbocycles. The lowest BCUT2D eigenvalue weighted by molar-refractivity contribution is -0.290. The van der Waals surface area contributed by atoms with Gasteiger partial charge in [0.05, 0.1) is 6.10 Å². The molecule has 3 N–H and O–H groups in total. The standard InChI is InChI=1S/C8H16O5S/c1-2-12-8-7(11)6(10)5(9)4(3-14)13-8/h4-11,14H,2-3H2,1H3. The lowest BCUT2D eigenvalue weighted by Crippen LogP contribution is -2.58. The zero-order valence-electron chi connectivity index (χ0n) is 7.91. The van der Waals surface area contributed by atoms with Crippen molar-refractivity contribution in [1.82, 2.24) is 0 Å². The summed E-state index contributed by atoms with van der Waals surface area (Å²) in [5, 5.41) is 28.4. The Morgan fingerprint density at radius 2 is 1.86 bits per heavy atom. The molecule has 14 heavy (non-hydrogen) atoms. The summed E-state index contributed by atoms with van der Waals surface area (Å²) in [5.41, 5.74) is 0. The number of aliphatic hydroxyl groups excluding tert-OH is 3. The van der Waals surface area contributed by atoms with E-state index in [1.165, 1.54) is 0 Å². The van der Waals surface area contributed by atoms with Crippen molar-refractivity contribution in [2.24, 2.45) is 0 Å². The zero-order chi connectivity index (χ0) is 10.7. The normalized spacial score (nSPS) is 43.9. The number of thiol groups is 1. The molecule has 0 aromatic rings. The highest BCUT2D eigenvalue weighted by atomic mass is 32.1. The Kier molecular flexibility index (Phi) is 4.62. The largest absolute Gasteiger partial charge is 0.388 e. The fourth-order valence-electron chi connectivity index (χ4n) is 1.37. The molecule has 0 saturated carbocycles. The van der Waals surface area contributed by atoms with Gasteiger partial charge in [0.25, 0.3) is 0 Å². The van der Waals surface area contributed by atoms with Crippen LogP contribution in [0.1, 0.15) is 6.92 Å². The maximum absolute atomic E-state index is 9.47. The molecule has 84 valence electrons. The summed E-state index contributed by atoms with van der Waals surface area (Å²) >= 11 is 3.97. The molecule has 1 heterocycles. The molecule has 1 saturated heterocycles. The van der Waals surface area contributed by atoms with Gasteiger partial charge in [-0.3, -0.25) is 0 Å². The van der Waals surface area contributed by atoms with Crippen LogP contribution in [0, 0.1) is 0 Å². The minimum Gasteiger partial charge on any atom is -0.388 e. The van der Waals surface area contributed by atoms with E-state index in [4.69, 9.17) is 9.47 Å². The van der Waals surface area contributed by atoms with Gasteiger partial charge in [0.15, 0.2) is 6.29 Å². The fraction of sp³-hybridized carbons (Fsp3) is 1.00. The van der Waals surface area contributed by atoms with Crippen LogP contribution in [0.5, 0.6) is 0 Å². The lowest BCUT2D eigenvalue weighted by Gasteiger charge is -2.39. The van der Waals surface area contributed by atoms with Gasteiger partial charge in [0.1, 0.15) is 18.3 Å². The maximum atomic E-state index is 9.47. The first-order chi connectivity index (χ1) is 6.61. The Morgan fingerprint density at radius 1 is 1.21 bits per heavy atom. The van der Waals surface area contributed by atoms with Gasteiger partial charge in [-0.2, -0.15) is 12.6 Å². The summed E-state index contributed by atoms with van der Waals surface area (Å²) in [7, 11) is 0. The predicted octanol–water partition coefficient (Wildman–Crippen LogP) is -1.24. The molecule has 5 atom stereocenters. The van der Waals surface area contributed by atoms with E-state index in [-0.39, 0.29) is 5.75 Å². The van der Waals surface area contributed by atoms with E-state index < -0.39 is 30.7 Å². The molecular formula is C8H16O5S. The molecule has 0 spiro atoms. The SMILES string of the molecule is CCOC1OC(CS)C(O)C(O)C1O. The lowest BCUT2D eigenvalue weighted by atomic mass is 10.00. The van der Waals surface area contributed by atoms with Crippen LogP contribution in [0.15, 0.2) is 0 Å². The van der Waals surface area contributed by atoms with Gasteiger partial charge >= 0.3 is 0 Å². The number of ether oxygens (including phenoxy) is 2. The third-order valence-corrected chi connectivity index (χ3v) is 2.54. The van der Waals surface area contributed by atoms with Crippen LogP contribution in [0.2, 0.25) is 0 Å². The second kappa shape index (κ2) is 5.29. The molecule has 1 fully saturated rings. The first kappa shape index (κ1) is 12.2. The van der Waals surface area contributed by atoms with Crippen molar-refractivity contribution in [2.45, 2.75) is 37.6 Å². The molecule has 0 aromatic heterocycles. The van der Waals surface area contributed by atoms with Crippen LogP contribution in [0.3, 0.4) is 0 Å². The summed E-state index contributed by atoms with van der Waals surface area (Å²) in [6, 6.07) is 0. The van der Waals surface area contributed by atoms with Gasteiger partial charge in [0.2, 0.25) is 0 Å². The molecule has 0 amide bonds. The van der Waals surface area contributed by atoms with Gasteiger partial charge in [-0.25, -0.2) is 0 Å². The monoisotopic (exact) mass is 224 g/mol. The first-order valence-corrected chi connectivity index (χ1v) is 5.17.